The number of nitrogens with one attached hydrogen (secondary N) is 1. The van der Waals surface area contributed by atoms with E-state index in [9.17, 15) is 5.11 Å². The van der Waals surface area contributed by atoms with Crippen molar-refractivity contribution < 1.29 is 14.6 Å². The van der Waals surface area contributed by atoms with Crippen molar-refractivity contribution in [3.8, 4) is 33.9 Å². The van der Waals surface area contributed by atoms with Gasteiger partial charge in [-0.15, -0.1) is 0 Å². The van der Waals surface area contributed by atoms with Crippen molar-refractivity contribution in [2.24, 2.45) is 0 Å². The van der Waals surface area contributed by atoms with Gasteiger partial charge in [-0.25, -0.2) is 0 Å². The van der Waals surface area contributed by atoms with E-state index < -0.39 is 0 Å². The smallest absolute Gasteiger partial charge is 0.128 e. The van der Waals surface area contributed by atoms with Crippen molar-refractivity contribution in [3.63, 3.8) is 0 Å². The minimum atomic E-state index is 0.157. The van der Waals surface area contributed by atoms with Gasteiger partial charge in [-0.2, -0.15) is 5.10 Å². The number of aromatic hydroxyl groups is 1. The van der Waals surface area contributed by atoms with Gasteiger partial charge >= 0.3 is 0 Å². The molecule has 0 aliphatic carbocycles. The maximum atomic E-state index is 10.7. The number of hydrogen-bond acceptors (Lipinski definition) is 5. The number of hydrogen-bond donors (Lipinski definition) is 2. The number of morpholine rings is 1. The molecule has 6 heteroatoms. The molecule has 2 N–H and O–H groups in total. The Morgan fingerprint density at radius 2 is 1.87 bits per heavy atom. The summed E-state index contributed by atoms with van der Waals surface area (Å²) in [6, 6.07) is 15.5. The third-order valence-electron chi connectivity index (χ3n) is 5.41. The van der Waals surface area contributed by atoms with Crippen LogP contribution in [0.15, 0.2) is 48.5 Å². The fourth-order valence-corrected chi connectivity index (χ4v) is 4.14. The molecule has 3 aromatic rings. The number of rotatable bonds is 6. The molecule has 2 aromatic carbocycles. The van der Waals surface area contributed by atoms with Crippen LogP contribution >= 0.6 is 0 Å². The highest BCUT2D eigenvalue weighted by molar-refractivity contribution is 5.85. The number of benzene rings is 2. The summed E-state index contributed by atoms with van der Waals surface area (Å²) in [5.41, 5.74) is 4.44. The fourth-order valence-electron chi connectivity index (χ4n) is 4.14. The average molecular weight is 408 g/mol. The molecule has 2 atom stereocenters. The summed E-state index contributed by atoms with van der Waals surface area (Å²) in [5, 5.41) is 18.2. The Kier molecular flexibility index (Phi) is 6.06. The van der Waals surface area contributed by atoms with Crippen LogP contribution < -0.4 is 4.74 Å². The summed E-state index contributed by atoms with van der Waals surface area (Å²) in [7, 11) is 0. The van der Waals surface area contributed by atoms with E-state index in [0.717, 1.165) is 42.1 Å². The van der Waals surface area contributed by atoms with Crippen molar-refractivity contribution in [1.82, 2.24) is 15.1 Å². The Bertz CT molecular complexity index is 977. The molecule has 1 saturated heterocycles. The lowest BCUT2D eigenvalue weighted by molar-refractivity contribution is -0.0699. The number of aromatic amines is 1. The number of nitrogens with zero attached hydrogens (tertiary/aromatic N) is 2. The highest BCUT2D eigenvalue weighted by Crippen LogP contribution is 2.38. The molecule has 2 heterocycles. The zero-order chi connectivity index (χ0) is 21.1. The summed E-state index contributed by atoms with van der Waals surface area (Å²) in [5.74, 6) is 0.809. The summed E-state index contributed by atoms with van der Waals surface area (Å²) in [6.45, 7) is 9.41. The lowest BCUT2D eigenvalue weighted by atomic mass is 9.99. The molecule has 1 aliphatic heterocycles. The Balaban J connectivity index is 1.46. The predicted octanol–water partition coefficient (Wildman–Crippen LogP) is 4.25. The Morgan fingerprint density at radius 1 is 1.13 bits per heavy atom. The normalized spacial score (nSPS) is 19.7. The first-order chi connectivity index (χ1) is 14.5. The number of aromatic nitrogens is 2. The van der Waals surface area contributed by atoms with E-state index in [2.05, 4.69) is 28.9 Å². The van der Waals surface area contributed by atoms with Crippen LogP contribution in [0, 0.1) is 6.92 Å². The molecule has 0 amide bonds. The summed E-state index contributed by atoms with van der Waals surface area (Å²) in [4.78, 5) is 2.35. The molecule has 0 bridgehead atoms. The maximum absolute atomic E-state index is 10.7. The van der Waals surface area contributed by atoms with Gasteiger partial charge in [-0.3, -0.25) is 10.00 Å². The van der Waals surface area contributed by atoms with Crippen LogP contribution in [0.5, 0.6) is 11.5 Å². The third-order valence-corrected chi connectivity index (χ3v) is 5.41. The lowest BCUT2D eigenvalue weighted by Gasteiger charge is -2.35. The molecule has 0 radical (unpaired) electrons. The van der Waals surface area contributed by atoms with E-state index in [4.69, 9.17) is 9.47 Å². The second kappa shape index (κ2) is 8.90. The minimum absolute atomic E-state index is 0.157. The topological polar surface area (TPSA) is 70.6 Å². The van der Waals surface area contributed by atoms with Crippen LogP contribution in [0.2, 0.25) is 0 Å². The largest absolute Gasteiger partial charge is 0.507 e. The van der Waals surface area contributed by atoms with Gasteiger partial charge in [0, 0.05) is 42.5 Å². The monoisotopic (exact) mass is 407 g/mol. The summed E-state index contributed by atoms with van der Waals surface area (Å²) in [6.07, 6.45) is 0.487. The second-order valence-electron chi connectivity index (χ2n) is 7.98. The molecular weight excluding hydrogens is 378 g/mol. The highest BCUT2D eigenvalue weighted by Gasteiger charge is 2.22. The van der Waals surface area contributed by atoms with Gasteiger partial charge in [0.2, 0.25) is 0 Å². The van der Waals surface area contributed by atoms with Gasteiger partial charge in [0.05, 0.1) is 12.2 Å². The second-order valence-corrected chi connectivity index (χ2v) is 7.98. The first-order valence-corrected chi connectivity index (χ1v) is 10.5. The summed E-state index contributed by atoms with van der Waals surface area (Å²) >= 11 is 0. The van der Waals surface area contributed by atoms with Gasteiger partial charge in [0.15, 0.2) is 0 Å². The van der Waals surface area contributed by atoms with E-state index in [-0.39, 0.29) is 18.0 Å². The van der Waals surface area contributed by atoms with Crippen molar-refractivity contribution in [2.75, 3.05) is 26.2 Å². The van der Waals surface area contributed by atoms with Gasteiger partial charge < -0.3 is 14.6 Å². The Morgan fingerprint density at radius 3 is 2.57 bits per heavy atom. The zero-order valence-corrected chi connectivity index (χ0v) is 17.8. The molecular formula is C24H29N3O3. The van der Waals surface area contributed by atoms with Crippen molar-refractivity contribution in [3.05, 3.63) is 54.2 Å². The van der Waals surface area contributed by atoms with Crippen LogP contribution in [-0.2, 0) is 4.74 Å². The molecule has 1 aliphatic rings. The predicted molar refractivity (Wildman–Crippen MR) is 118 cm³/mol. The molecule has 30 heavy (non-hydrogen) atoms. The quantitative estimate of drug-likeness (QED) is 0.639. The van der Waals surface area contributed by atoms with Crippen LogP contribution in [-0.4, -0.2) is 58.7 Å². The number of aryl methyl sites for hydroxylation is 1. The van der Waals surface area contributed by atoms with Crippen LogP contribution in [0.4, 0.5) is 0 Å². The molecule has 6 nitrogen and oxygen atoms in total. The van der Waals surface area contributed by atoms with Crippen molar-refractivity contribution in [2.45, 2.75) is 33.0 Å². The molecule has 0 unspecified atom stereocenters. The first-order valence-electron chi connectivity index (χ1n) is 10.5. The van der Waals surface area contributed by atoms with Crippen molar-refractivity contribution >= 4 is 0 Å². The van der Waals surface area contributed by atoms with Gasteiger partial charge in [0.1, 0.15) is 23.8 Å². The molecule has 0 saturated carbocycles. The van der Waals surface area contributed by atoms with Gasteiger partial charge in [-0.05, 0) is 38.5 Å². The first kappa shape index (κ1) is 20.4. The van der Waals surface area contributed by atoms with E-state index in [1.165, 1.54) is 0 Å². The SMILES string of the molecule is Cc1[nH]nc(-c2ccc(OCCN3C[C@H](C)O[C@@H](C)C3)cc2O)c1-c1ccccc1. The number of ether oxygens (including phenoxy) is 2. The van der Waals surface area contributed by atoms with Crippen LogP contribution in [0.3, 0.4) is 0 Å². The molecule has 4 rings (SSSR count). The van der Waals surface area contributed by atoms with E-state index in [0.29, 0.717) is 17.9 Å². The van der Waals surface area contributed by atoms with E-state index in [1.54, 1.807) is 6.07 Å². The summed E-state index contributed by atoms with van der Waals surface area (Å²) < 4.78 is 11.7. The van der Waals surface area contributed by atoms with Crippen LogP contribution in [0.25, 0.3) is 22.4 Å². The molecule has 158 valence electrons. The van der Waals surface area contributed by atoms with Crippen LogP contribution in [0.1, 0.15) is 19.5 Å². The highest BCUT2D eigenvalue weighted by atomic mass is 16.5. The third kappa shape index (κ3) is 4.50. The Hall–Kier alpha value is -2.83. The van der Waals surface area contributed by atoms with E-state index >= 15 is 0 Å². The zero-order valence-electron chi connectivity index (χ0n) is 17.8. The van der Waals surface area contributed by atoms with Gasteiger partial charge in [0.25, 0.3) is 0 Å². The van der Waals surface area contributed by atoms with Crippen molar-refractivity contribution in [1.29, 1.82) is 0 Å². The molecule has 1 aromatic heterocycles. The lowest BCUT2D eigenvalue weighted by Crippen LogP contribution is -2.46. The van der Waals surface area contributed by atoms with E-state index in [1.807, 2.05) is 49.4 Å². The standard InChI is InChI=1S/C24H29N3O3/c1-16-14-27(15-17(2)30-16)11-12-29-20-9-10-21(22(28)13-20)24-23(18(3)25-26-24)19-7-5-4-6-8-19/h4-10,13,16-17,28H,11-12,14-15H2,1-3H3,(H,25,26)/t16-,17-/m0/s1. The maximum Gasteiger partial charge on any atom is 0.128 e. The average Bonchev–Trinajstić information content (AvgIpc) is 3.09. The Labute approximate surface area is 177 Å². The molecule has 0 spiro atoms. The number of phenols is 1. The fraction of sp³-hybridized carbons (Fsp3) is 0.375. The molecule has 1 fully saturated rings. The van der Waals surface area contributed by atoms with Gasteiger partial charge in [-0.1, -0.05) is 30.3 Å². The number of phenolic OH excluding ortho intramolecular Hbond substituents is 1. The number of H-pyrrole nitrogens is 1. The minimum Gasteiger partial charge on any atom is -0.507 e.